The summed E-state index contributed by atoms with van der Waals surface area (Å²) in [6.07, 6.45) is 0. The summed E-state index contributed by atoms with van der Waals surface area (Å²) in [5.74, 6) is 0. The minimum atomic E-state index is -3.52. The van der Waals surface area contributed by atoms with Gasteiger partial charge in [-0.15, -0.1) is 0 Å². The maximum absolute atomic E-state index is 12.2. The van der Waals surface area contributed by atoms with E-state index in [1.54, 1.807) is 19.1 Å². The summed E-state index contributed by atoms with van der Waals surface area (Å²) in [6.45, 7) is 7.85. The smallest absolute Gasteiger partial charge is 0.240 e. The molecule has 0 heterocycles. The number of nitrogens with one attached hydrogen (secondary N) is 1. The minimum absolute atomic E-state index is 0.116. The zero-order valence-electron chi connectivity index (χ0n) is 11.3. The van der Waals surface area contributed by atoms with Crippen LogP contribution in [-0.2, 0) is 16.6 Å². The third-order valence-electron chi connectivity index (χ3n) is 2.52. The van der Waals surface area contributed by atoms with Crippen LogP contribution in [-0.4, -0.2) is 20.1 Å². The summed E-state index contributed by atoms with van der Waals surface area (Å²) < 4.78 is 26.9. The fourth-order valence-electron chi connectivity index (χ4n) is 1.42. The van der Waals surface area contributed by atoms with Crippen LogP contribution in [0.3, 0.4) is 0 Å². The first-order chi connectivity index (χ1) is 8.15. The number of hydrogen-bond donors (Lipinski definition) is 2. The Bertz CT molecular complexity index is 516. The van der Waals surface area contributed by atoms with E-state index in [0.29, 0.717) is 17.7 Å². The van der Waals surface area contributed by atoms with Crippen molar-refractivity contribution in [1.29, 1.82) is 0 Å². The van der Waals surface area contributed by atoms with Crippen LogP contribution >= 0.6 is 0 Å². The number of sulfonamides is 1. The Morgan fingerprint density at radius 1 is 1.28 bits per heavy atom. The molecular weight excluding hydrogens is 250 g/mol. The van der Waals surface area contributed by atoms with Crippen molar-refractivity contribution in [3.05, 3.63) is 29.3 Å². The Balaban J connectivity index is 3.05. The number of aryl methyl sites for hydroxylation is 1. The molecule has 1 aromatic carbocycles. The van der Waals surface area contributed by atoms with Gasteiger partial charge in [-0.05, 0) is 29.5 Å². The predicted octanol–water partition coefficient (Wildman–Crippen LogP) is 1.81. The highest BCUT2D eigenvalue weighted by atomic mass is 32.2. The third-order valence-corrected chi connectivity index (χ3v) is 4.06. The quantitative estimate of drug-likeness (QED) is 0.877. The monoisotopic (exact) mass is 271 g/mol. The van der Waals surface area contributed by atoms with Gasteiger partial charge in [-0.25, -0.2) is 13.1 Å². The Labute approximate surface area is 109 Å². The standard InChI is InChI=1S/C13H21NO3S/c1-10-5-6-11(8-15)7-12(10)18(16,17)14-9-13(2,3)4/h5-7,14-15H,8-9H2,1-4H3. The second kappa shape index (κ2) is 5.38. The van der Waals surface area contributed by atoms with Crippen molar-refractivity contribution < 1.29 is 13.5 Å². The topological polar surface area (TPSA) is 66.4 Å². The molecule has 1 rings (SSSR count). The zero-order chi connectivity index (χ0) is 14.0. The van der Waals surface area contributed by atoms with Crippen LogP contribution in [0.15, 0.2) is 23.1 Å². The van der Waals surface area contributed by atoms with E-state index in [0.717, 1.165) is 0 Å². The summed E-state index contributed by atoms with van der Waals surface area (Å²) in [5, 5.41) is 9.06. The summed E-state index contributed by atoms with van der Waals surface area (Å²) >= 11 is 0. The van der Waals surface area contributed by atoms with Crippen molar-refractivity contribution in [3.63, 3.8) is 0 Å². The number of aliphatic hydroxyl groups excluding tert-OH is 1. The van der Waals surface area contributed by atoms with E-state index in [1.165, 1.54) is 6.07 Å². The van der Waals surface area contributed by atoms with Crippen molar-refractivity contribution in [2.24, 2.45) is 5.41 Å². The largest absolute Gasteiger partial charge is 0.392 e. The van der Waals surface area contributed by atoms with Gasteiger partial charge in [-0.2, -0.15) is 0 Å². The molecule has 0 aliphatic carbocycles. The first kappa shape index (κ1) is 15.1. The van der Waals surface area contributed by atoms with Gasteiger partial charge in [0.15, 0.2) is 0 Å². The number of hydrogen-bond acceptors (Lipinski definition) is 3. The highest BCUT2D eigenvalue weighted by molar-refractivity contribution is 7.89. The molecule has 0 fully saturated rings. The lowest BCUT2D eigenvalue weighted by Gasteiger charge is -2.19. The maximum atomic E-state index is 12.2. The molecule has 0 atom stereocenters. The summed E-state index contributed by atoms with van der Waals surface area (Å²) in [4.78, 5) is 0.235. The predicted molar refractivity (Wildman–Crippen MR) is 71.7 cm³/mol. The molecule has 0 bridgehead atoms. The first-order valence-corrected chi connectivity index (χ1v) is 7.34. The Kier molecular flexibility index (Phi) is 4.53. The van der Waals surface area contributed by atoms with Gasteiger partial charge in [0, 0.05) is 6.54 Å². The van der Waals surface area contributed by atoms with Crippen LogP contribution < -0.4 is 4.72 Å². The van der Waals surface area contributed by atoms with Crippen LogP contribution in [0.4, 0.5) is 0 Å². The van der Waals surface area contributed by atoms with Crippen LogP contribution in [0.1, 0.15) is 31.9 Å². The van der Waals surface area contributed by atoms with E-state index in [4.69, 9.17) is 5.11 Å². The molecule has 0 amide bonds. The minimum Gasteiger partial charge on any atom is -0.392 e. The van der Waals surface area contributed by atoms with E-state index in [9.17, 15) is 8.42 Å². The summed E-state index contributed by atoms with van der Waals surface area (Å²) in [7, 11) is -3.52. The molecule has 102 valence electrons. The average Bonchev–Trinajstić information content (AvgIpc) is 2.26. The molecule has 0 aliphatic rings. The maximum Gasteiger partial charge on any atom is 0.240 e. The Morgan fingerprint density at radius 2 is 1.89 bits per heavy atom. The van der Waals surface area contributed by atoms with Crippen molar-refractivity contribution in [2.75, 3.05) is 6.54 Å². The SMILES string of the molecule is Cc1ccc(CO)cc1S(=O)(=O)NCC(C)(C)C. The molecule has 18 heavy (non-hydrogen) atoms. The zero-order valence-corrected chi connectivity index (χ0v) is 12.1. The van der Waals surface area contributed by atoms with Gasteiger partial charge in [-0.3, -0.25) is 0 Å². The van der Waals surface area contributed by atoms with Crippen LogP contribution in [0.25, 0.3) is 0 Å². The van der Waals surface area contributed by atoms with Crippen molar-refractivity contribution in [2.45, 2.75) is 39.2 Å². The van der Waals surface area contributed by atoms with Crippen molar-refractivity contribution in [1.82, 2.24) is 4.72 Å². The molecule has 0 saturated heterocycles. The molecule has 0 radical (unpaired) electrons. The summed E-state index contributed by atoms with van der Waals surface area (Å²) in [5.41, 5.74) is 1.15. The lowest BCUT2D eigenvalue weighted by atomic mass is 9.98. The van der Waals surface area contributed by atoms with Gasteiger partial charge in [0.2, 0.25) is 10.0 Å². The second-order valence-electron chi connectivity index (χ2n) is 5.64. The lowest BCUT2D eigenvalue weighted by molar-refractivity contribution is 0.281. The van der Waals surface area contributed by atoms with E-state index < -0.39 is 10.0 Å². The molecule has 5 heteroatoms. The first-order valence-electron chi connectivity index (χ1n) is 5.86. The Hall–Kier alpha value is -0.910. The molecule has 0 aliphatic heterocycles. The molecule has 0 spiro atoms. The number of aliphatic hydroxyl groups is 1. The van der Waals surface area contributed by atoms with Gasteiger partial charge in [0.1, 0.15) is 0 Å². The second-order valence-corrected chi connectivity index (χ2v) is 7.38. The summed E-state index contributed by atoms with van der Waals surface area (Å²) in [6, 6.07) is 4.94. The molecule has 0 unspecified atom stereocenters. The molecule has 0 saturated carbocycles. The fourth-order valence-corrected chi connectivity index (χ4v) is 3.00. The van der Waals surface area contributed by atoms with Gasteiger partial charge >= 0.3 is 0 Å². The molecule has 0 aromatic heterocycles. The van der Waals surface area contributed by atoms with Crippen molar-refractivity contribution in [3.8, 4) is 0 Å². The van der Waals surface area contributed by atoms with Gasteiger partial charge in [-0.1, -0.05) is 32.9 Å². The fraction of sp³-hybridized carbons (Fsp3) is 0.538. The van der Waals surface area contributed by atoms with Gasteiger partial charge in [0.25, 0.3) is 0 Å². The highest BCUT2D eigenvalue weighted by Crippen LogP contribution is 2.19. The van der Waals surface area contributed by atoms with Crippen molar-refractivity contribution >= 4 is 10.0 Å². The van der Waals surface area contributed by atoms with E-state index in [-0.39, 0.29) is 16.9 Å². The van der Waals surface area contributed by atoms with E-state index >= 15 is 0 Å². The number of rotatable bonds is 4. The third kappa shape index (κ3) is 4.08. The molecular formula is C13H21NO3S. The molecule has 1 aromatic rings. The molecule has 2 N–H and O–H groups in total. The van der Waals surface area contributed by atoms with Crippen LogP contribution in [0.5, 0.6) is 0 Å². The Morgan fingerprint density at radius 3 is 2.39 bits per heavy atom. The van der Waals surface area contributed by atoms with Gasteiger partial charge in [0.05, 0.1) is 11.5 Å². The van der Waals surface area contributed by atoms with Gasteiger partial charge < -0.3 is 5.11 Å². The van der Waals surface area contributed by atoms with E-state index in [1.807, 2.05) is 20.8 Å². The average molecular weight is 271 g/mol. The van der Waals surface area contributed by atoms with Crippen LogP contribution in [0.2, 0.25) is 0 Å². The molecule has 4 nitrogen and oxygen atoms in total. The lowest BCUT2D eigenvalue weighted by Crippen LogP contribution is -2.32. The number of benzene rings is 1. The normalized spacial score (nSPS) is 12.7. The highest BCUT2D eigenvalue weighted by Gasteiger charge is 2.20. The van der Waals surface area contributed by atoms with Crippen LogP contribution in [0, 0.1) is 12.3 Å². The van der Waals surface area contributed by atoms with E-state index in [2.05, 4.69) is 4.72 Å².